The average molecular weight is 883 g/mol. The molecule has 0 bridgehead atoms. The van der Waals surface area contributed by atoms with Gasteiger partial charge in [-0.15, -0.1) is 0 Å². The Bertz CT molecular complexity index is 1110. The summed E-state index contributed by atoms with van der Waals surface area (Å²) in [7, 11) is 0. The fourth-order valence-corrected chi connectivity index (χ4v) is 7.75. The van der Waals surface area contributed by atoms with Gasteiger partial charge < -0.3 is 14.2 Å². The molecule has 0 aliphatic rings. The summed E-state index contributed by atoms with van der Waals surface area (Å²) in [5.41, 5.74) is 0. The topological polar surface area (TPSA) is 78.9 Å². The van der Waals surface area contributed by atoms with Crippen LogP contribution in [0.4, 0.5) is 0 Å². The number of carbonyl (C=O) groups is 3. The highest BCUT2D eigenvalue weighted by Crippen LogP contribution is 2.15. The van der Waals surface area contributed by atoms with Gasteiger partial charge in [0.1, 0.15) is 13.2 Å². The van der Waals surface area contributed by atoms with Crippen molar-refractivity contribution in [2.75, 3.05) is 13.2 Å². The van der Waals surface area contributed by atoms with E-state index in [4.69, 9.17) is 14.2 Å². The summed E-state index contributed by atoms with van der Waals surface area (Å²) >= 11 is 0. The van der Waals surface area contributed by atoms with Crippen LogP contribution >= 0.6 is 0 Å². The highest BCUT2D eigenvalue weighted by Gasteiger charge is 2.19. The lowest BCUT2D eigenvalue weighted by atomic mass is 10.0. The Morgan fingerprint density at radius 2 is 0.619 bits per heavy atom. The Hall–Kier alpha value is -2.63. The molecule has 366 valence electrons. The number of unbranched alkanes of at least 4 members (excludes halogenated alkanes) is 30. The van der Waals surface area contributed by atoms with Crippen LogP contribution < -0.4 is 0 Å². The van der Waals surface area contributed by atoms with Crippen molar-refractivity contribution in [1.82, 2.24) is 0 Å². The molecule has 0 aromatic rings. The van der Waals surface area contributed by atoms with E-state index in [0.717, 1.165) is 103 Å². The van der Waals surface area contributed by atoms with Gasteiger partial charge in [0.15, 0.2) is 6.10 Å². The summed E-state index contributed by atoms with van der Waals surface area (Å²) in [4.78, 5) is 38.0. The van der Waals surface area contributed by atoms with Gasteiger partial charge in [0, 0.05) is 19.3 Å². The molecule has 0 N–H and O–H groups in total. The summed E-state index contributed by atoms with van der Waals surface area (Å²) in [6, 6.07) is 0. The molecule has 6 heteroatoms. The van der Waals surface area contributed by atoms with Crippen molar-refractivity contribution in [3.63, 3.8) is 0 Å². The molecule has 0 aromatic heterocycles. The monoisotopic (exact) mass is 883 g/mol. The van der Waals surface area contributed by atoms with Crippen LogP contribution in [0.3, 0.4) is 0 Å². The second-order valence-electron chi connectivity index (χ2n) is 18.1. The van der Waals surface area contributed by atoms with Crippen LogP contribution in [0.15, 0.2) is 48.6 Å². The minimum atomic E-state index is -0.782. The summed E-state index contributed by atoms with van der Waals surface area (Å²) in [5, 5.41) is 0. The van der Waals surface area contributed by atoms with Gasteiger partial charge in [-0.25, -0.2) is 0 Å². The average Bonchev–Trinajstić information content (AvgIpc) is 3.28. The number of hydrogen-bond donors (Lipinski definition) is 0. The van der Waals surface area contributed by atoms with E-state index in [9.17, 15) is 14.4 Å². The molecule has 0 aromatic carbocycles. The van der Waals surface area contributed by atoms with Crippen LogP contribution in [0.2, 0.25) is 0 Å². The minimum absolute atomic E-state index is 0.0802. The van der Waals surface area contributed by atoms with Crippen LogP contribution in [-0.4, -0.2) is 37.2 Å². The molecule has 0 radical (unpaired) electrons. The van der Waals surface area contributed by atoms with E-state index in [1.54, 1.807) is 0 Å². The zero-order valence-corrected chi connectivity index (χ0v) is 41.8. The largest absolute Gasteiger partial charge is 0.462 e. The lowest BCUT2D eigenvalue weighted by Crippen LogP contribution is -2.30. The summed E-state index contributed by atoms with van der Waals surface area (Å²) in [6.07, 6.45) is 62.3. The first-order chi connectivity index (χ1) is 31.0. The quantitative estimate of drug-likeness (QED) is 0.0262. The molecule has 0 saturated carbocycles. The Morgan fingerprint density at radius 3 is 0.984 bits per heavy atom. The minimum Gasteiger partial charge on any atom is -0.462 e. The van der Waals surface area contributed by atoms with Crippen molar-refractivity contribution in [2.24, 2.45) is 0 Å². The second kappa shape index (κ2) is 52.0. The summed E-state index contributed by atoms with van der Waals surface area (Å²) in [5.74, 6) is -0.895. The Morgan fingerprint density at radius 1 is 0.333 bits per heavy atom. The highest BCUT2D eigenvalue weighted by molar-refractivity contribution is 5.71. The van der Waals surface area contributed by atoms with Crippen molar-refractivity contribution in [3.05, 3.63) is 48.6 Å². The number of esters is 3. The first-order valence-corrected chi connectivity index (χ1v) is 27.1. The highest BCUT2D eigenvalue weighted by atomic mass is 16.6. The maximum Gasteiger partial charge on any atom is 0.306 e. The smallest absolute Gasteiger partial charge is 0.306 e. The molecule has 63 heavy (non-hydrogen) atoms. The molecule has 0 saturated heterocycles. The van der Waals surface area contributed by atoms with Gasteiger partial charge in [0.2, 0.25) is 0 Å². The van der Waals surface area contributed by atoms with Crippen LogP contribution in [0.5, 0.6) is 0 Å². The molecular formula is C57H102O6. The summed E-state index contributed by atoms with van der Waals surface area (Å²) < 4.78 is 16.8. The maximum atomic E-state index is 12.8. The normalized spacial score (nSPS) is 12.4. The first kappa shape index (κ1) is 60.4. The van der Waals surface area contributed by atoms with Crippen LogP contribution in [0.25, 0.3) is 0 Å². The SMILES string of the molecule is CC/C=C\C/C=C\C/C=C\CCCCCCCC(=O)OC(COC(=O)CCCCCCC/C=C\CCCCCCCCC)COC(=O)CCCCCCCCCCCCCCCC. The van der Waals surface area contributed by atoms with Gasteiger partial charge in [0.05, 0.1) is 0 Å². The summed E-state index contributed by atoms with van der Waals surface area (Å²) in [6.45, 7) is 6.53. The third kappa shape index (κ3) is 50.2. The molecule has 0 aliphatic carbocycles. The number of rotatable bonds is 49. The molecule has 0 fully saturated rings. The molecule has 0 heterocycles. The van der Waals surface area contributed by atoms with E-state index in [2.05, 4.69) is 69.4 Å². The van der Waals surface area contributed by atoms with E-state index < -0.39 is 6.10 Å². The molecule has 0 spiro atoms. The number of hydrogen-bond acceptors (Lipinski definition) is 6. The fourth-order valence-electron chi connectivity index (χ4n) is 7.75. The van der Waals surface area contributed by atoms with Crippen molar-refractivity contribution >= 4 is 17.9 Å². The van der Waals surface area contributed by atoms with E-state index in [1.165, 1.54) is 135 Å². The van der Waals surface area contributed by atoms with E-state index in [-0.39, 0.29) is 31.1 Å². The van der Waals surface area contributed by atoms with E-state index in [0.29, 0.717) is 19.3 Å². The fraction of sp³-hybridized carbons (Fsp3) is 0.807. The van der Waals surface area contributed by atoms with Crippen molar-refractivity contribution in [1.29, 1.82) is 0 Å². The molecule has 0 amide bonds. The van der Waals surface area contributed by atoms with Crippen LogP contribution in [-0.2, 0) is 28.6 Å². The molecular weight excluding hydrogens is 781 g/mol. The van der Waals surface area contributed by atoms with Crippen molar-refractivity contribution in [3.8, 4) is 0 Å². The first-order valence-electron chi connectivity index (χ1n) is 27.1. The number of ether oxygens (including phenoxy) is 3. The van der Waals surface area contributed by atoms with Crippen molar-refractivity contribution < 1.29 is 28.6 Å². The number of carbonyl (C=O) groups excluding carboxylic acids is 3. The van der Waals surface area contributed by atoms with Gasteiger partial charge >= 0.3 is 17.9 Å². The molecule has 1 unspecified atom stereocenters. The standard InChI is InChI=1S/C57H102O6/c1-4-7-10-13-16-19-22-25-28-30-32-35-38-41-44-47-50-56(59)62-53-54(52-61-55(58)49-46-43-40-37-34-31-27-24-21-18-15-12-9-6-3)63-57(60)51-48-45-42-39-36-33-29-26-23-20-17-14-11-8-5-2/h8,11,17,20,26,28-30,54H,4-7,9-10,12-16,18-19,21-25,27,31-53H2,1-3H3/b11-8-,20-17-,29-26-,30-28-. The lowest BCUT2D eigenvalue weighted by molar-refractivity contribution is -0.167. The van der Waals surface area contributed by atoms with Crippen LogP contribution in [0.1, 0.15) is 278 Å². The molecule has 1 atom stereocenters. The lowest BCUT2D eigenvalue weighted by Gasteiger charge is -2.18. The third-order valence-electron chi connectivity index (χ3n) is 11.8. The zero-order valence-electron chi connectivity index (χ0n) is 41.8. The van der Waals surface area contributed by atoms with Crippen molar-refractivity contribution in [2.45, 2.75) is 284 Å². The van der Waals surface area contributed by atoms with Gasteiger partial charge in [-0.05, 0) is 77.0 Å². The Labute approximate surface area is 390 Å². The number of allylic oxidation sites excluding steroid dienone is 8. The molecule has 6 nitrogen and oxygen atoms in total. The Balaban J connectivity index is 4.39. The van der Waals surface area contributed by atoms with Gasteiger partial charge in [-0.3, -0.25) is 14.4 Å². The van der Waals surface area contributed by atoms with Gasteiger partial charge in [-0.1, -0.05) is 230 Å². The zero-order chi connectivity index (χ0) is 45.8. The predicted octanol–water partition coefficient (Wildman–Crippen LogP) is 17.9. The van der Waals surface area contributed by atoms with E-state index >= 15 is 0 Å². The van der Waals surface area contributed by atoms with Gasteiger partial charge in [0.25, 0.3) is 0 Å². The second-order valence-corrected chi connectivity index (χ2v) is 18.1. The van der Waals surface area contributed by atoms with Crippen LogP contribution in [0, 0.1) is 0 Å². The van der Waals surface area contributed by atoms with E-state index in [1.807, 2.05) is 0 Å². The molecule has 0 aliphatic heterocycles. The maximum absolute atomic E-state index is 12.8. The third-order valence-corrected chi connectivity index (χ3v) is 11.8. The predicted molar refractivity (Wildman–Crippen MR) is 270 cm³/mol. The van der Waals surface area contributed by atoms with Gasteiger partial charge in [-0.2, -0.15) is 0 Å². The Kier molecular flexibility index (Phi) is 49.8. The molecule has 0 rings (SSSR count).